The van der Waals surface area contributed by atoms with Crippen LogP contribution < -0.4 is 10.1 Å². The largest absolute Gasteiger partial charge is 0.494 e. The van der Waals surface area contributed by atoms with Crippen LogP contribution in [-0.2, 0) is 12.1 Å². The molecule has 1 N–H and O–H groups in total. The fourth-order valence-electron chi connectivity index (χ4n) is 2.19. The second-order valence-electron chi connectivity index (χ2n) is 6.11. The molecule has 0 saturated carbocycles. The molecule has 1 aromatic carbocycles. The van der Waals surface area contributed by atoms with Gasteiger partial charge in [-0.15, -0.1) is 0 Å². The lowest BCUT2D eigenvalue weighted by atomic mass is 10.1. The molecule has 2 aromatic rings. The van der Waals surface area contributed by atoms with Crippen molar-refractivity contribution in [1.82, 2.24) is 15.1 Å². The molecule has 0 atom stereocenters. The molecule has 0 aliphatic heterocycles. The van der Waals surface area contributed by atoms with Crippen LogP contribution in [0.2, 0.25) is 0 Å². The van der Waals surface area contributed by atoms with E-state index in [4.69, 9.17) is 9.84 Å². The van der Waals surface area contributed by atoms with E-state index >= 15 is 0 Å². The predicted molar refractivity (Wildman–Crippen MR) is 86.6 cm³/mol. The SMILES string of the molecule is CCOc1ccc(-c2nn(C(C)(C)C)cc2CNC)cc1. The molecule has 0 unspecified atom stereocenters. The number of nitrogens with one attached hydrogen (secondary N) is 1. The van der Waals surface area contributed by atoms with E-state index in [9.17, 15) is 0 Å². The van der Waals surface area contributed by atoms with E-state index in [-0.39, 0.29) is 5.54 Å². The lowest BCUT2D eigenvalue weighted by Gasteiger charge is -2.18. The molecule has 1 aromatic heterocycles. The molecular formula is C17H25N3O. The van der Waals surface area contributed by atoms with Crippen molar-refractivity contribution in [2.45, 2.75) is 39.8 Å². The molecule has 21 heavy (non-hydrogen) atoms. The van der Waals surface area contributed by atoms with Crippen molar-refractivity contribution in [3.05, 3.63) is 36.0 Å². The van der Waals surface area contributed by atoms with Gasteiger partial charge in [0.2, 0.25) is 0 Å². The normalized spacial score (nSPS) is 11.7. The summed E-state index contributed by atoms with van der Waals surface area (Å²) in [6.45, 7) is 9.95. The third-order valence-electron chi connectivity index (χ3n) is 3.28. The number of hydrogen-bond donors (Lipinski definition) is 1. The topological polar surface area (TPSA) is 39.1 Å². The van der Waals surface area contributed by atoms with Gasteiger partial charge in [0, 0.05) is 23.9 Å². The highest BCUT2D eigenvalue weighted by Crippen LogP contribution is 2.27. The predicted octanol–water partition coefficient (Wildman–Crippen LogP) is 3.42. The van der Waals surface area contributed by atoms with Crippen LogP contribution in [0.4, 0.5) is 0 Å². The molecule has 0 bridgehead atoms. The fourth-order valence-corrected chi connectivity index (χ4v) is 2.19. The zero-order valence-electron chi connectivity index (χ0n) is 13.6. The van der Waals surface area contributed by atoms with E-state index in [2.05, 4.69) is 44.4 Å². The van der Waals surface area contributed by atoms with Gasteiger partial charge in [-0.1, -0.05) is 0 Å². The third-order valence-corrected chi connectivity index (χ3v) is 3.28. The second kappa shape index (κ2) is 6.31. The summed E-state index contributed by atoms with van der Waals surface area (Å²) >= 11 is 0. The average Bonchev–Trinajstić information content (AvgIpc) is 2.85. The fraction of sp³-hybridized carbons (Fsp3) is 0.471. The van der Waals surface area contributed by atoms with E-state index in [1.165, 1.54) is 5.56 Å². The van der Waals surface area contributed by atoms with Crippen molar-refractivity contribution in [2.75, 3.05) is 13.7 Å². The Bertz CT molecular complexity index is 579. The molecule has 0 saturated heterocycles. The Morgan fingerprint density at radius 3 is 2.38 bits per heavy atom. The molecule has 2 rings (SSSR count). The van der Waals surface area contributed by atoms with Crippen LogP contribution in [0.5, 0.6) is 5.75 Å². The maximum atomic E-state index is 5.50. The van der Waals surface area contributed by atoms with Crippen LogP contribution >= 0.6 is 0 Å². The summed E-state index contributed by atoms with van der Waals surface area (Å²) in [5.41, 5.74) is 3.33. The highest BCUT2D eigenvalue weighted by Gasteiger charge is 2.18. The number of ether oxygens (including phenoxy) is 1. The molecule has 4 nitrogen and oxygen atoms in total. The Morgan fingerprint density at radius 2 is 1.86 bits per heavy atom. The van der Waals surface area contributed by atoms with Crippen molar-refractivity contribution in [1.29, 1.82) is 0 Å². The summed E-state index contributed by atoms with van der Waals surface area (Å²) in [6, 6.07) is 8.13. The zero-order valence-corrected chi connectivity index (χ0v) is 13.6. The molecule has 0 fully saturated rings. The van der Waals surface area contributed by atoms with Gasteiger partial charge in [-0.2, -0.15) is 5.10 Å². The molecule has 114 valence electrons. The Morgan fingerprint density at radius 1 is 1.19 bits per heavy atom. The Kier molecular flexibility index (Phi) is 4.68. The third kappa shape index (κ3) is 3.64. The number of nitrogens with zero attached hydrogens (tertiary/aromatic N) is 2. The van der Waals surface area contributed by atoms with Gasteiger partial charge in [0.05, 0.1) is 17.8 Å². The van der Waals surface area contributed by atoms with Crippen LogP contribution in [0.25, 0.3) is 11.3 Å². The smallest absolute Gasteiger partial charge is 0.119 e. The summed E-state index contributed by atoms with van der Waals surface area (Å²) in [6.07, 6.45) is 2.13. The first-order valence-electron chi connectivity index (χ1n) is 7.42. The minimum absolute atomic E-state index is 0.0218. The van der Waals surface area contributed by atoms with Crippen molar-refractivity contribution < 1.29 is 4.74 Å². The standard InChI is InChI=1S/C17H25N3O/c1-6-21-15-9-7-13(8-10-15)16-14(11-18-5)12-20(19-16)17(2,3)4/h7-10,12,18H,6,11H2,1-5H3. The highest BCUT2D eigenvalue weighted by molar-refractivity contribution is 5.63. The Labute approximate surface area is 127 Å². The quantitative estimate of drug-likeness (QED) is 0.916. The summed E-state index contributed by atoms with van der Waals surface area (Å²) in [5, 5.41) is 7.99. The van der Waals surface area contributed by atoms with Crippen molar-refractivity contribution in [3.8, 4) is 17.0 Å². The van der Waals surface area contributed by atoms with Crippen LogP contribution in [0, 0.1) is 0 Å². The Balaban J connectivity index is 2.39. The number of rotatable bonds is 5. The first kappa shape index (κ1) is 15.6. The molecule has 0 aliphatic carbocycles. The minimum atomic E-state index is -0.0218. The van der Waals surface area contributed by atoms with Crippen LogP contribution in [-0.4, -0.2) is 23.4 Å². The van der Waals surface area contributed by atoms with Gasteiger partial charge >= 0.3 is 0 Å². The number of hydrogen-bond acceptors (Lipinski definition) is 3. The van der Waals surface area contributed by atoms with Gasteiger partial charge in [-0.05, 0) is 59.0 Å². The Hall–Kier alpha value is -1.81. The maximum absolute atomic E-state index is 5.50. The molecule has 0 amide bonds. The molecule has 1 heterocycles. The van der Waals surface area contributed by atoms with Gasteiger partial charge in [0.25, 0.3) is 0 Å². The van der Waals surface area contributed by atoms with Crippen LogP contribution in [0.1, 0.15) is 33.3 Å². The summed E-state index contributed by atoms with van der Waals surface area (Å²) in [7, 11) is 1.95. The lowest BCUT2D eigenvalue weighted by molar-refractivity contribution is 0.340. The first-order valence-corrected chi connectivity index (χ1v) is 7.42. The summed E-state index contributed by atoms with van der Waals surface area (Å²) < 4.78 is 7.53. The summed E-state index contributed by atoms with van der Waals surface area (Å²) in [5.74, 6) is 0.895. The second-order valence-corrected chi connectivity index (χ2v) is 6.11. The van der Waals surface area contributed by atoms with Gasteiger partial charge in [0.1, 0.15) is 5.75 Å². The van der Waals surface area contributed by atoms with Gasteiger partial charge < -0.3 is 10.1 Å². The molecule has 0 spiro atoms. The highest BCUT2D eigenvalue weighted by atomic mass is 16.5. The molecule has 4 heteroatoms. The van der Waals surface area contributed by atoms with Crippen LogP contribution in [0.3, 0.4) is 0 Å². The van der Waals surface area contributed by atoms with E-state index < -0.39 is 0 Å². The van der Waals surface area contributed by atoms with E-state index in [1.54, 1.807) is 0 Å². The average molecular weight is 287 g/mol. The zero-order chi connectivity index (χ0) is 15.5. The maximum Gasteiger partial charge on any atom is 0.119 e. The molecule has 0 radical (unpaired) electrons. The van der Waals surface area contributed by atoms with Crippen molar-refractivity contribution >= 4 is 0 Å². The van der Waals surface area contributed by atoms with E-state index in [0.717, 1.165) is 23.6 Å². The summed E-state index contributed by atoms with van der Waals surface area (Å²) in [4.78, 5) is 0. The molecular weight excluding hydrogens is 262 g/mol. The van der Waals surface area contributed by atoms with Gasteiger partial charge in [-0.3, -0.25) is 4.68 Å². The van der Waals surface area contributed by atoms with Gasteiger partial charge in [0.15, 0.2) is 0 Å². The number of benzene rings is 1. The van der Waals surface area contributed by atoms with Crippen molar-refractivity contribution in [3.63, 3.8) is 0 Å². The van der Waals surface area contributed by atoms with Gasteiger partial charge in [-0.25, -0.2) is 0 Å². The first-order chi connectivity index (χ1) is 9.95. The monoisotopic (exact) mass is 287 g/mol. The minimum Gasteiger partial charge on any atom is -0.494 e. The van der Waals surface area contributed by atoms with Crippen LogP contribution in [0.15, 0.2) is 30.5 Å². The molecule has 0 aliphatic rings. The lowest BCUT2D eigenvalue weighted by Crippen LogP contribution is -2.22. The van der Waals surface area contributed by atoms with Crippen molar-refractivity contribution in [2.24, 2.45) is 0 Å². The number of aromatic nitrogens is 2. The van der Waals surface area contributed by atoms with E-state index in [1.807, 2.05) is 30.8 Å². The van der Waals surface area contributed by atoms with E-state index in [0.29, 0.717) is 6.61 Å².